The predicted molar refractivity (Wildman–Crippen MR) is 113 cm³/mol. The number of amides is 1. The number of carbonyl (C=O) groups is 1. The second-order valence-corrected chi connectivity index (χ2v) is 7.86. The van der Waals surface area contributed by atoms with Gasteiger partial charge in [-0.15, -0.1) is 0 Å². The molecule has 0 atom stereocenters. The lowest BCUT2D eigenvalue weighted by molar-refractivity contribution is -0.121. The van der Waals surface area contributed by atoms with E-state index < -0.39 is 0 Å². The van der Waals surface area contributed by atoms with Gasteiger partial charge in [-0.3, -0.25) is 4.79 Å². The van der Waals surface area contributed by atoms with Gasteiger partial charge in [-0.1, -0.05) is 32.3 Å². The number of anilines is 1. The molecule has 27 heavy (non-hydrogen) atoms. The Labute approximate surface area is 165 Å². The van der Waals surface area contributed by atoms with Gasteiger partial charge in [0.1, 0.15) is 5.75 Å². The summed E-state index contributed by atoms with van der Waals surface area (Å²) in [6, 6.07) is 6.15. The van der Waals surface area contributed by atoms with E-state index in [-0.39, 0.29) is 11.8 Å². The van der Waals surface area contributed by atoms with Crippen LogP contribution in [0.2, 0.25) is 0 Å². The molecular formula is C23H38N2O2. The van der Waals surface area contributed by atoms with Crippen molar-refractivity contribution >= 4 is 11.6 Å². The van der Waals surface area contributed by atoms with E-state index >= 15 is 0 Å². The third-order valence-electron chi connectivity index (χ3n) is 5.71. The summed E-state index contributed by atoms with van der Waals surface area (Å²) in [5.41, 5.74) is 7.62. The monoisotopic (exact) mass is 374 g/mol. The van der Waals surface area contributed by atoms with Crippen LogP contribution in [0.1, 0.15) is 77.2 Å². The maximum absolute atomic E-state index is 12.8. The molecule has 1 saturated carbocycles. The summed E-state index contributed by atoms with van der Waals surface area (Å²) in [5, 5.41) is 3.13. The molecule has 1 amide bonds. The molecule has 2 rings (SSSR count). The van der Waals surface area contributed by atoms with Crippen LogP contribution in [0.25, 0.3) is 0 Å². The fourth-order valence-electron chi connectivity index (χ4n) is 4.01. The topological polar surface area (TPSA) is 64.4 Å². The Morgan fingerprint density at radius 2 is 1.93 bits per heavy atom. The second-order valence-electron chi connectivity index (χ2n) is 7.86. The molecule has 1 fully saturated rings. The van der Waals surface area contributed by atoms with Gasteiger partial charge in [-0.2, -0.15) is 0 Å². The number of benzene rings is 1. The summed E-state index contributed by atoms with van der Waals surface area (Å²) in [6.07, 6.45) is 11.4. The highest BCUT2D eigenvalue weighted by Crippen LogP contribution is 2.34. The van der Waals surface area contributed by atoms with Crippen LogP contribution in [-0.2, 0) is 11.2 Å². The Morgan fingerprint density at radius 1 is 1.15 bits per heavy atom. The average molecular weight is 375 g/mol. The third kappa shape index (κ3) is 7.17. The summed E-state index contributed by atoms with van der Waals surface area (Å²) in [5.74, 6) is 1.90. The molecule has 0 bridgehead atoms. The maximum atomic E-state index is 12.8. The Balaban J connectivity index is 1.92. The van der Waals surface area contributed by atoms with Crippen molar-refractivity contribution in [2.24, 2.45) is 17.6 Å². The second kappa shape index (κ2) is 12.0. The van der Waals surface area contributed by atoms with Gasteiger partial charge in [0, 0.05) is 5.92 Å². The zero-order valence-electron chi connectivity index (χ0n) is 17.3. The molecule has 0 aliphatic heterocycles. The maximum Gasteiger partial charge on any atom is 0.227 e. The number of unbranched alkanes of at least 4 members (excludes halogenated alkanes) is 2. The number of carbonyl (C=O) groups excluding carboxylic acids is 1. The van der Waals surface area contributed by atoms with Crippen molar-refractivity contribution in [1.82, 2.24) is 0 Å². The largest absolute Gasteiger partial charge is 0.492 e. The van der Waals surface area contributed by atoms with Gasteiger partial charge < -0.3 is 15.8 Å². The van der Waals surface area contributed by atoms with E-state index in [4.69, 9.17) is 10.5 Å². The Kier molecular flexibility index (Phi) is 9.68. The fourth-order valence-corrected chi connectivity index (χ4v) is 4.01. The van der Waals surface area contributed by atoms with E-state index in [1.807, 2.05) is 13.0 Å². The summed E-state index contributed by atoms with van der Waals surface area (Å²) >= 11 is 0. The van der Waals surface area contributed by atoms with Gasteiger partial charge >= 0.3 is 0 Å². The van der Waals surface area contributed by atoms with Crippen LogP contribution in [0.15, 0.2) is 18.2 Å². The minimum atomic E-state index is 0.140. The highest BCUT2D eigenvalue weighted by Gasteiger charge is 2.26. The van der Waals surface area contributed by atoms with E-state index in [2.05, 4.69) is 24.4 Å². The molecule has 0 unspecified atom stereocenters. The number of nitrogens with one attached hydrogen (secondary N) is 1. The summed E-state index contributed by atoms with van der Waals surface area (Å²) in [6.45, 7) is 5.55. The van der Waals surface area contributed by atoms with Crippen LogP contribution in [0.4, 0.5) is 5.69 Å². The van der Waals surface area contributed by atoms with E-state index in [0.717, 1.165) is 56.0 Å². The molecule has 1 aliphatic rings. The number of hydrogen-bond acceptors (Lipinski definition) is 3. The third-order valence-corrected chi connectivity index (χ3v) is 5.71. The van der Waals surface area contributed by atoms with Crippen LogP contribution in [0.3, 0.4) is 0 Å². The molecule has 3 N–H and O–H groups in total. The molecule has 0 aromatic heterocycles. The molecular weight excluding hydrogens is 336 g/mol. The molecule has 1 aromatic carbocycles. The normalized spacial score (nSPS) is 19.7. The number of aryl methyl sites for hydroxylation is 1. The van der Waals surface area contributed by atoms with Gasteiger partial charge in [-0.05, 0) is 82.0 Å². The van der Waals surface area contributed by atoms with Crippen LogP contribution in [-0.4, -0.2) is 19.1 Å². The quantitative estimate of drug-likeness (QED) is 0.516. The highest BCUT2D eigenvalue weighted by molar-refractivity contribution is 5.94. The van der Waals surface area contributed by atoms with Crippen molar-refractivity contribution in [2.45, 2.75) is 78.1 Å². The molecule has 1 aromatic rings. The van der Waals surface area contributed by atoms with Crippen LogP contribution in [0, 0.1) is 11.8 Å². The Bertz CT molecular complexity index is 565. The van der Waals surface area contributed by atoms with Crippen molar-refractivity contribution < 1.29 is 9.53 Å². The molecule has 1 aliphatic carbocycles. The van der Waals surface area contributed by atoms with Crippen LogP contribution < -0.4 is 15.8 Å². The van der Waals surface area contributed by atoms with Crippen molar-refractivity contribution in [2.75, 3.05) is 18.5 Å². The minimum absolute atomic E-state index is 0.140. The van der Waals surface area contributed by atoms with Gasteiger partial charge in [-0.25, -0.2) is 0 Å². The van der Waals surface area contributed by atoms with Gasteiger partial charge in [0.2, 0.25) is 5.91 Å². The molecule has 0 radical (unpaired) electrons. The summed E-state index contributed by atoms with van der Waals surface area (Å²) < 4.78 is 5.79. The van der Waals surface area contributed by atoms with Crippen LogP contribution >= 0.6 is 0 Å². The number of ether oxygens (including phenoxy) is 1. The average Bonchev–Trinajstić information content (AvgIpc) is 2.69. The molecule has 0 heterocycles. The Morgan fingerprint density at radius 3 is 2.59 bits per heavy atom. The standard InChI is InChI=1S/C23H38N2O2/c1-3-5-8-18-10-13-20(14-11-18)23(26)25-21-15-12-19(9-6-7-16-24)17-22(21)27-4-2/h12,15,17-18,20H,3-11,13-14,16,24H2,1-2H3,(H,25,26). The van der Waals surface area contributed by atoms with E-state index in [1.165, 1.54) is 37.7 Å². The van der Waals surface area contributed by atoms with Crippen LogP contribution in [0.5, 0.6) is 5.75 Å². The first-order chi connectivity index (χ1) is 13.2. The minimum Gasteiger partial charge on any atom is -0.492 e. The van der Waals surface area contributed by atoms with Crippen molar-refractivity contribution in [3.8, 4) is 5.75 Å². The zero-order chi connectivity index (χ0) is 19.5. The fraction of sp³-hybridized carbons (Fsp3) is 0.696. The first kappa shape index (κ1) is 21.7. The zero-order valence-corrected chi connectivity index (χ0v) is 17.3. The predicted octanol–water partition coefficient (Wildman–Crippen LogP) is 5.30. The van der Waals surface area contributed by atoms with Gasteiger partial charge in [0.05, 0.1) is 12.3 Å². The molecule has 152 valence electrons. The van der Waals surface area contributed by atoms with E-state index in [1.54, 1.807) is 0 Å². The lowest BCUT2D eigenvalue weighted by Crippen LogP contribution is -2.27. The number of nitrogens with two attached hydrogens (primary N) is 1. The molecule has 4 heteroatoms. The van der Waals surface area contributed by atoms with E-state index in [0.29, 0.717) is 6.61 Å². The summed E-state index contributed by atoms with van der Waals surface area (Å²) in [7, 11) is 0. The molecule has 0 saturated heterocycles. The lowest BCUT2D eigenvalue weighted by Gasteiger charge is -2.28. The van der Waals surface area contributed by atoms with Crippen molar-refractivity contribution in [3.63, 3.8) is 0 Å². The SMILES string of the molecule is CCCCC1CCC(C(=O)Nc2ccc(CCCCN)cc2OCC)CC1. The Hall–Kier alpha value is -1.55. The number of hydrogen-bond donors (Lipinski definition) is 2. The summed E-state index contributed by atoms with van der Waals surface area (Å²) in [4.78, 5) is 12.8. The van der Waals surface area contributed by atoms with Crippen molar-refractivity contribution in [3.05, 3.63) is 23.8 Å². The van der Waals surface area contributed by atoms with Gasteiger partial charge in [0.15, 0.2) is 0 Å². The van der Waals surface area contributed by atoms with Crippen molar-refractivity contribution in [1.29, 1.82) is 0 Å². The van der Waals surface area contributed by atoms with E-state index in [9.17, 15) is 4.79 Å². The molecule has 4 nitrogen and oxygen atoms in total. The smallest absolute Gasteiger partial charge is 0.227 e. The first-order valence-corrected chi connectivity index (χ1v) is 10.9. The lowest BCUT2D eigenvalue weighted by atomic mass is 9.79. The van der Waals surface area contributed by atoms with Gasteiger partial charge in [0.25, 0.3) is 0 Å². The first-order valence-electron chi connectivity index (χ1n) is 10.9. The molecule has 0 spiro atoms. The number of rotatable bonds is 11. The highest BCUT2D eigenvalue weighted by atomic mass is 16.5.